The fraction of sp³-hybridized carbons (Fsp3) is 0.308. The topological polar surface area (TPSA) is 76.0 Å². The lowest BCUT2D eigenvalue weighted by Gasteiger charge is -2.38. The van der Waals surface area contributed by atoms with Crippen molar-refractivity contribution < 1.29 is 19.1 Å². The van der Waals surface area contributed by atoms with Gasteiger partial charge in [0.25, 0.3) is 0 Å². The monoisotopic (exact) mass is 536 g/mol. The molecule has 6 rings (SSSR count). The van der Waals surface area contributed by atoms with E-state index in [0.29, 0.717) is 37.8 Å². The predicted molar refractivity (Wildman–Crippen MR) is 134 cm³/mol. The van der Waals surface area contributed by atoms with Crippen molar-refractivity contribution in [3.8, 4) is 11.5 Å². The molecule has 8 nitrogen and oxygen atoms in total. The molecule has 2 aromatic carbocycles. The first-order chi connectivity index (χ1) is 17.1. The van der Waals surface area contributed by atoms with E-state index >= 15 is 0 Å². The number of nitrogens with zero attached hydrogens (tertiary/aromatic N) is 3. The molecule has 0 spiro atoms. The number of halogens is 1. The van der Waals surface area contributed by atoms with Crippen molar-refractivity contribution >= 4 is 33.6 Å². The van der Waals surface area contributed by atoms with E-state index in [2.05, 4.69) is 38.1 Å². The largest absolute Gasteiger partial charge is 0.486 e. The second kappa shape index (κ2) is 8.96. The number of hydrogen-bond donors (Lipinski definition) is 1. The van der Waals surface area contributed by atoms with Crippen LogP contribution in [-0.2, 0) is 11.3 Å². The van der Waals surface area contributed by atoms with Gasteiger partial charge in [0.05, 0.1) is 12.1 Å². The van der Waals surface area contributed by atoms with Crippen LogP contribution in [0, 0.1) is 0 Å². The van der Waals surface area contributed by atoms with Gasteiger partial charge in [-0.2, -0.15) is 0 Å². The van der Waals surface area contributed by atoms with Gasteiger partial charge >= 0.3 is 6.03 Å². The Labute approximate surface area is 211 Å². The Morgan fingerprint density at radius 1 is 1.00 bits per heavy atom. The maximum atomic E-state index is 13.5. The van der Waals surface area contributed by atoms with Crippen LogP contribution in [0.4, 0.5) is 10.5 Å². The third-order valence-electron chi connectivity index (χ3n) is 6.77. The van der Waals surface area contributed by atoms with E-state index in [0.717, 1.165) is 28.0 Å². The van der Waals surface area contributed by atoms with Crippen LogP contribution in [0.15, 0.2) is 65.3 Å². The maximum absolute atomic E-state index is 13.5. The normalized spacial score (nSPS) is 21.1. The number of nitrogens with one attached hydrogen (secondary N) is 1. The third-order valence-corrected chi connectivity index (χ3v) is 7.30. The summed E-state index contributed by atoms with van der Waals surface area (Å²) in [6, 6.07) is 17.0. The zero-order valence-electron chi connectivity index (χ0n) is 19.0. The van der Waals surface area contributed by atoms with Gasteiger partial charge in [0.15, 0.2) is 11.5 Å². The molecule has 2 unspecified atom stereocenters. The highest BCUT2D eigenvalue weighted by Crippen LogP contribution is 2.36. The molecule has 0 aliphatic carbocycles. The first-order valence-corrected chi connectivity index (χ1v) is 12.5. The average molecular weight is 537 g/mol. The first kappa shape index (κ1) is 22.0. The minimum absolute atomic E-state index is 0.0241. The Bertz CT molecular complexity index is 1270. The molecule has 3 aromatic rings. The van der Waals surface area contributed by atoms with E-state index < -0.39 is 0 Å². The molecule has 3 aliphatic rings. The molecule has 1 saturated heterocycles. The summed E-state index contributed by atoms with van der Waals surface area (Å²) in [5, 5.41) is 3.13. The molecule has 1 fully saturated rings. The van der Waals surface area contributed by atoms with Crippen LogP contribution in [0.2, 0.25) is 0 Å². The van der Waals surface area contributed by atoms with E-state index in [4.69, 9.17) is 9.47 Å². The van der Waals surface area contributed by atoms with Crippen LogP contribution in [-0.4, -0.2) is 53.8 Å². The number of hydrogen-bond acceptors (Lipinski definition) is 4. The van der Waals surface area contributed by atoms with E-state index in [-0.39, 0.29) is 30.4 Å². The number of benzene rings is 2. The van der Waals surface area contributed by atoms with Crippen LogP contribution >= 0.6 is 15.9 Å². The fourth-order valence-corrected chi connectivity index (χ4v) is 5.37. The molecule has 0 saturated carbocycles. The van der Waals surface area contributed by atoms with Gasteiger partial charge in [-0.15, -0.1) is 0 Å². The van der Waals surface area contributed by atoms with Gasteiger partial charge in [-0.1, -0.05) is 28.1 Å². The molecule has 0 radical (unpaired) electrons. The van der Waals surface area contributed by atoms with Crippen molar-refractivity contribution in [2.75, 3.05) is 31.2 Å². The predicted octanol–water partition coefficient (Wildman–Crippen LogP) is 3.94. The molecule has 3 aliphatic heterocycles. The summed E-state index contributed by atoms with van der Waals surface area (Å²) in [7, 11) is 0. The Morgan fingerprint density at radius 3 is 2.63 bits per heavy atom. The molecule has 0 bridgehead atoms. The molecular formula is C26H25BrN4O4. The minimum atomic E-state index is -0.275. The third kappa shape index (κ3) is 4.14. The van der Waals surface area contributed by atoms with Gasteiger partial charge in [-0.25, -0.2) is 4.79 Å². The smallest absolute Gasteiger partial charge is 0.318 e. The summed E-state index contributed by atoms with van der Waals surface area (Å²) >= 11 is 3.50. The van der Waals surface area contributed by atoms with Crippen molar-refractivity contribution in [1.82, 2.24) is 14.8 Å². The molecule has 9 heteroatoms. The van der Waals surface area contributed by atoms with Crippen LogP contribution < -0.4 is 19.7 Å². The van der Waals surface area contributed by atoms with E-state index in [1.165, 1.54) is 0 Å². The number of rotatable bonds is 3. The zero-order chi connectivity index (χ0) is 23.9. The second-order valence-corrected chi connectivity index (χ2v) is 9.87. The van der Waals surface area contributed by atoms with Crippen molar-refractivity contribution in [1.29, 1.82) is 0 Å². The highest BCUT2D eigenvalue weighted by molar-refractivity contribution is 9.10. The summed E-state index contributed by atoms with van der Waals surface area (Å²) in [4.78, 5) is 29.9. The van der Waals surface area contributed by atoms with Gasteiger partial charge in [-0.3, -0.25) is 4.79 Å². The number of anilines is 1. The highest BCUT2D eigenvalue weighted by atomic mass is 79.9. The number of amides is 3. The fourth-order valence-electron chi connectivity index (χ4n) is 5.11. The summed E-state index contributed by atoms with van der Waals surface area (Å²) in [5.74, 6) is 1.30. The lowest BCUT2D eigenvalue weighted by atomic mass is 10.0. The first-order valence-electron chi connectivity index (χ1n) is 11.7. The van der Waals surface area contributed by atoms with Crippen LogP contribution in [0.1, 0.15) is 23.7 Å². The SMILES string of the molecule is O=C1CC(NC(=O)N2CCn3cccc3C2c2ccc(Br)cc2)CN1c1ccc2c(c1)OCCO2. The van der Waals surface area contributed by atoms with Crippen LogP contribution in [0.25, 0.3) is 0 Å². The number of aromatic nitrogens is 1. The minimum Gasteiger partial charge on any atom is -0.486 e. The summed E-state index contributed by atoms with van der Waals surface area (Å²) in [5.41, 5.74) is 2.87. The molecule has 1 N–H and O–H groups in total. The van der Waals surface area contributed by atoms with Crippen molar-refractivity contribution in [3.05, 3.63) is 76.5 Å². The van der Waals surface area contributed by atoms with Gasteiger partial charge < -0.3 is 29.2 Å². The molecule has 2 atom stereocenters. The summed E-state index contributed by atoms with van der Waals surface area (Å²) < 4.78 is 14.4. The molecule has 1 aromatic heterocycles. The number of urea groups is 1. The van der Waals surface area contributed by atoms with E-state index in [9.17, 15) is 9.59 Å². The highest BCUT2D eigenvalue weighted by Gasteiger charge is 2.36. The number of fused-ring (bicyclic) bond motifs is 2. The lowest BCUT2D eigenvalue weighted by Crippen LogP contribution is -2.50. The van der Waals surface area contributed by atoms with Gasteiger partial charge in [0, 0.05) is 54.2 Å². The number of carbonyl (C=O) groups excluding carboxylic acids is 2. The Hall–Kier alpha value is -3.46. The van der Waals surface area contributed by atoms with Crippen molar-refractivity contribution in [2.24, 2.45) is 0 Å². The molecule has 35 heavy (non-hydrogen) atoms. The van der Waals surface area contributed by atoms with Crippen molar-refractivity contribution in [3.63, 3.8) is 0 Å². The van der Waals surface area contributed by atoms with E-state index in [1.54, 1.807) is 4.90 Å². The Morgan fingerprint density at radius 2 is 1.80 bits per heavy atom. The van der Waals surface area contributed by atoms with Gasteiger partial charge in [-0.05, 0) is 42.0 Å². The number of ether oxygens (including phenoxy) is 2. The van der Waals surface area contributed by atoms with Crippen LogP contribution in [0.3, 0.4) is 0 Å². The Balaban J connectivity index is 1.20. The quantitative estimate of drug-likeness (QED) is 0.550. The van der Waals surface area contributed by atoms with Gasteiger partial charge in [0.2, 0.25) is 5.91 Å². The summed E-state index contributed by atoms with van der Waals surface area (Å²) in [6.07, 6.45) is 2.31. The standard InChI is InChI=1S/C26H25BrN4O4/c27-18-5-3-17(4-6-18)25-21-2-1-9-29(21)10-11-30(25)26(33)28-19-14-24(32)31(16-19)20-7-8-22-23(15-20)35-13-12-34-22/h1-9,15,19,25H,10-14,16H2,(H,28,33). The summed E-state index contributed by atoms with van der Waals surface area (Å²) in [6.45, 7) is 2.74. The second-order valence-electron chi connectivity index (χ2n) is 8.96. The van der Waals surface area contributed by atoms with E-state index in [1.807, 2.05) is 53.4 Å². The molecular weight excluding hydrogens is 512 g/mol. The lowest BCUT2D eigenvalue weighted by molar-refractivity contribution is -0.117. The molecule has 4 heterocycles. The zero-order valence-corrected chi connectivity index (χ0v) is 20.6. The van der Waals surface area contributed by atoms with Crippen LogP contribution in [0.5, 0.6) is 11.5 Å². The molecule has 180 valence electrons. The van der Waals surface area contributed by atoms with Crippen molar-refractivity contribution in [2.45, 2.75) is 25.0 Å². The van der Waals surface area contributed by atoms with Gasteiger partial charge in [0.1, 0.15) is 13.2 Å². The Kier molecular flexibility index (Phi) is 5.64. The number of carbonyl (C=O) groups is 2. The molecule has 3 amide bonds. The maximum Gasteiger partial charge on any atom is 0.318 e. The average Bonchev–Trinajstić information content (AvgIpc) is 3.50.